The highest BCUT2D eigenvalue weighted by atomic mass is 15.2. The molecule has 0 spiro atoms. The van der Waals surface area contributed by atoms with Gasteiger partial charge in [-0.05, 0) is 45.6 Å². The van der Waals surface area contributed by atoms with Gasteiger partial charge in [0.25, 0.3) is 0 Å². The largest absolute Gasteiger partial charge is 0.370 e. The second-order valence-electron chi connectivity index (χ2n) is 5.66. The summed E-state index contributed by atoms with van der Waals surface area (Å²) in [6.07, 6.45) is 2.39. The average Bonchev–Trinajstić information content (AvgIpc) is 2.90. The van der Waals surface area contributed by atoms with E-state index in [0.29, 0.717) is 12.1 Å². The number of nitrogens with zero attached hydrogens (tertiary/aromatic N) is 2. The van der Waals surface area contributed by atoms with Gasteiger partial charge in [0.15, 0.2) is 0 Å². The first kappa shape index (κ1) is 14.4. The van der Waals surface area contributed by atoms with Crippen LogP contribution in [0.1, 0.15) is 31.4 Å². The Labute approximate surface area is 117 Å². The van der Waals surface area contributed by atoms with Gasteiger partial charge in [0.1, 0.15) is 0 Å². The minimum Gasteiger partial charge on any atom is -0.370 e. The Bertz CT molecular complexity index is 399. The maximum Gasteiger partial charge on any atom is 0.0415 e. The van der Waals surface area contributed by atoms with Gasteiger partial charge in [0.05, 0.1) is 0 Å². The third-order valence-electron chi connectivity index (χ3n) is 4.30. The second kappa shape index (κ2) is 6.40. The zero-order chi connectivity index (χ0) is 13.8. The van der Waals surface area contributed by atoms with Crippen LogP contribution < -0.4 is 10.2 Å². The van der Waals surface area contributed by atoms with Gasteiger partial charge >= 0.3 is 0 Å². The summed E-state index contributed by atoms with van der Waals surface area (Å²) >= 11 is 0. The molecule has 0 saturated carbocycles. The molecule has 1 fully saturated rings. The molecule has 0 amide bonds. The smallest absolute Gasteiger partial charge is 0.0415 e. The van der Waals surface area contributed by atoms with Crippen molar-refractivity contribution in [3.63, 3.8) is 0 Å². The summed E-state index contributed by atoms with van der Waals surface area (Å²) in [5.74, 6) is 0. The highest BCUT2D eigenvalue weighted by Crippen LogP contribution is 2.30. The lowest BCUT2D eigenvalue weighted by Gasteiger charge is -2.27. The molecule has 1 aromatic carbocycles. The number of anilines is 1. The molecule has 1 aliphatic rings. The number of hydrogen-bond acceptors (Lipinski definition) is 3. The molecule has 1 N–H and O–H groups in total. The Morgan fingerprint density at radius 2 is 2.11 bits per heavy atom. The van der Waals surface area contributed by atoms with Crippen molar-refractivity contribution in [3.05, 3.63) is 29.8 Å². The van der Waals surface area contributed by atoms with Crippen LogP contribution in [0.25, 0.3) is 0 Å². The molecule has 0 aliphatic carbocycles. The molecule has 3 heteroatoms. The number of hydrogen-bond donors (Lipinski definition) is 1. The predicted octanol–water partition coefficient (Wildman–Crippen LogP) is 2.50. The van der Waals surface area contributed by atoms with Crippen LogP contribution in [0.3, 0.4) is 0 Å². The summed E-state index contributed by atoms with van der Waals surface area (Å²) in [7, 11) is 6.42. The van der Waals surface area contributed by atoms with E-state index in [4.69, 9.17) is 0 Å². The lowest BCUT2D eigenvalue weighted by molar-refractivity contribution is 0.315. The van der Waals surface area contributed by atoms with Gasteiger partial charge in [0, 0.05) is 30.9 Å². The number of benzene rings is 1. The van der Waals surface area contributed by atoms with Crippen LogP contribution in [0, 0.1) is 0 Å². The van der Waals surface area contributed by atoms with Crippen molar-refractivity contribution in [2.75, 3.05) is 39.1 Å². The Kier molecular flexibility index (Phi) is 4.83. The van der Waals surface area contributed by atoms with Crippen LogP contribution in [0.15, 0.2) is 24.3 Å². The summed E-state index contributed by atoms with van der Waals surface area (Å²) in [6.45, 7) is 4.55. The summed E-state index contributed by atoms with van der Waals surface area (Å²) in [5, 5.41) is 3.43. The van der Waals surface area contributed by atoms with Gasteiger partial charge in [-0.2, -0.15) is 0 Å². The first-order valence-corrected chi connectivity index (χ1v) is 7.35. The number of rotatable bonds is 5. The predicted molar refractivity (Wildman–Crippen MR) is 82.8 cm³/mol. The molecule has 3 nitrogen and oxygen atoms in total. The highest BCUT2D eigenvalue weighted by molar-refractivity contribution is 5.56. The van der Waals surface area contributed by atoms with Crippen molar-refractivity contribution in [2.24, 2.45) is 0 Å². The third kappa shape index (κ3) is 3.10. The first-order chi connectivity index (χ1) is 9.17. The molecule has 2 atom stereocenters. The van der Waals surface area contributed by atoms with Gasteiger partial charge in [-0.1, -0.05) is 25.1 Å². The Morgan fingerprint density at radius 1 is 1.37 bits per heavy atom. The topological polar surface area (TPSA) is 18.5 Å². The van der Waals surface area contributed by atoms with E-state index in [1.807, 2.05) is 0 Å². The molecule has 1 aliphatic heterocycles. The zero-order valence-corrected chi connectivity index (χ0v) is 12.7. The van der Waals surface area contributed by atoms with Crippen LogP contribution in [0.5, 0.6) is 0 Å². The van der Waals surface area contributed by atoms with Crippen molar-refractivity contribution in [1.82, 2.24) is 10.2 Å². The minimum absolute atomic E-state index is 0.453. The van der Waals surface area contributed by atoms with E-state index in [0.717, 1.165) is 13.0 Å². The van der Waals surface area contributed by atoms with E-state index < -0.39 is 0 Å². The lowest BCUT2D eigenvalue weighted by atomic mass is 10.0. The quantitative estimate of drug-likeness (QED) is 0.878. The molecule has 1 heterocycles. The fourth-order valence-corrected chi connectivity index (χ4v) is 3.03. The summed E-state index contributed by atoms with van der Waals surface area (Å²) in [5.41, 5.74) is 2.85. The molecule has 1 saturated heterocycles. The Morgan fingerprint density at radius 3 is 2.68 bits per heavy atom. The Hall–Kier alpha value is -1.06. The van der Waals surface area contributed by atoms with E-state index in [9.17, 15) is 0 Å². The fourth-order valence-electron chi connectivity index (χ4n) is 3.03. The normalized spacial score (nSPS) is 21.1. The SMILES string of the molecule is CCC(NC)c1ccccc1N1CCC(N(C)C)C1. The Balaban J connectivity index is 2.21. The van der Waals surface area contributed by atoms with Crippen LogP contribution in [0.4, 0.5) is 5.69 Å². The lowest BCUT2D eigenvalue weighted by Crippen LogP contribution is -2.32. The molecule has 0 aromatic heterocycles. The van der Waals surface area contributed by atoms with Crippen molar-refractivity contribution < 1.29 is 0 Å². The molecule has 2 rings (SSSR count). The second-order valence-corrected chi connectivity index (χ2v) is 5.66. The molecular formula is C16H27N3. The standard InChI is InChI=1S/C16H27N3/c1-5-15(17-2)14-8-6-7-9-16(14)19-11-10-13(12-19)18(3)4/h6-9,13,15,17H,5,10-12H2,1-4H3. The van der Waals surface area contributed by atoms with E-state index in [1.54, 1.807) is 0 Å². The van der Waals surface area contributed by atoms with Gasteiger partial charge in [0.2, 0.25) is 0 Å². The van der Waals surface area contributed by atoms with Crippen LogP contribution in [0.2, 0.25) is 0 Å². The molecule has 19 heavy (non-hydrogen) atoms. The monoisotopic (exact) mass is 261 g/mol. The molecule has 1 aromatic rings. The van der Waals surface area contributed by atoms with Crippen LogP contribution in [-0.2, 0) is 0 Å². The van der Waals surface area contributed by atoms with Gasteiger partial charge < -0.3 is 15.1 Å². The van der Waals surface area contributed by atoms with E-state index in [1.165, 1.54) is 24.2 Å². The molecule has 106 valence electrons. The summed E-state index contributed by atoms with van der Waals surface area (Å²) in [4.78, 5) is 4.89. The molecule has 0 radical (unpaired) electrons. The number of para-hydroxylation sites is 1. The highest BCUT2D eigenvalue weighted by Gasteiger charge is 2.26. The summed E-state index contributed by atoms with van der Waals surface area (Å²) in [6, 6.07) is 9.98. The van der Waals surface area contributed by atoms with Crippen molar-refractivity contribution in [2.45, 2.75) is 31.8 Å². The van der Waals surface area contributed by atoms with E-state index >= 15 is 0 Å². The maximum atomic E-state index is 3.43. The number of nitrogens with one attached hydrogen (secondary N) is 1. The van der Waals surface area contributed by atoms with Crippen molar-refractivity contribution in [1.29, 1.82) is 0 Å². The van der Waals surface area contributed by atoms with E-state index in [-0.39, 0.29) is 0 Å². The van der Waals surface area contributed by atoms with Crippen molar-refractivity contribution in [3.8, 4) is 0 Å². The number of likely N-dealkylation sites (N-methyl/N-ethyl adjacent to an activating group) is 1. The van der Waals surface area contributed by atoms with Gasteiger partial charge in [-0.25, -0.2) is 0 Å². The molecule has 2 unspecified atom stereocenters. The van der Waals surface area contributed by atoms with Gasteiger partial charge in [-0.3, -0.25) is 0 Å². The van der Waals surface area contributed by atoms with E-state index in [2.05, 4.69) is 67.4 Å². The maximum absolute atomic E-state index is 3.43. The minimum atomic E-state index is 0.453. The average molecular weight is 261 g/mol. The molecule has 0 bridgehead atoms. The molecular weight excluding hydrogens is 234 g/mol. The van der Waals surface area contributed by atoms with Crippen LogP contribution >= 0.6 is 0 Å². The summed E-state index contributed by atoms with van der Waals surface area (Å²) < 4.78 is 0. The third-order valence-corrected chi connectivity index (χ3v) is 4.30. The fraction of sp³-hybridized carbons (Fsp3) is 0.625. The first-order valence-electron chi connectivity index (χ1n) is 7.35. The van der Waals surface area contributed by atoms with Gasteiger partial charge in [-0.15, -0.1) is 0 Å². The van der Waals surface area contributed by atoms with Crippen molar-refractivity contribution >= 4 is 5.69 Å². The van der Waals surface area contributed by atoms with Crippen LogP contribution in [-0.4, -0.2) is 45.2 Å². The zero-order valence-electron chi connectivity index (χ0n) is 12.7.